The first-order chi connectivity index (χ1) is 8.68. The van der Waals surface area contributed by atoms with Crippen LogP contribution in [0, 0.1) is 10.1 Å². The number of hydrogen-bond donors (Lipinski definition) is 2. The van der Waals surface area contributed by atoms with Gasteiger partial charge in [0.15, 0.2) is 0 Å². The Labute approximate surface area is 104 Å². The van der Waals surface area contributed by atoms with Crippen LogP contribution in [0.5, 0.6) is 0 Å². The molecule has 1 atom stereocenters. The van der Waals surface area contributed by atoms with Gasteiger partial charge in [-0.3, -0.25) is 10.1 Å². The zero-order valence-corrected chi connectivity index (χ0v) is 9.96. The molecule has 0 aliphatic heterocycles. The number of benzene rings is 1. The van der Waals surface area contributed by atoms with Gasteiger partial charge in [-0.05, 0) is 6.92 Å². The molecule has 1 aromatic carbocycles. The molecule has 0 radical (unpaired) electrons. The van der Waals surface area contributed by atoms with Gasteiger partial charge in [0.05, 0.1) is 11.0 Å². The third-order valence-electron chi connectivity index (χ3n) is 2.72. The van der Waals surface area contributed by atoms with Crippen molar-refractivity contribution in [3.8, 4) is 0 Å². The number of H-pyrrole nitrogens is 1. The number of para-hydroxylation sites is 1. The normalized spacial score (nSPS) is 12.3. The lowest BCUT2D eigenvalue weighted by Crippen LogP contribution is -2.19. The monoisotopic (exact) mass is 246 g/mol. The lowest BCUT2D eigenvalue weighted by Gasteiger charge is -2.11. The van der Waals surface area contributed by atoms with Crippen LogP contribution in [0.15, 0.2) is 36.7 Å². The Morgan fingerprint density at radius 1 is 1.50 bits per heavy atom. The van der Waals surface area contributed by atoms with Crippen molar-refractivity contribution in [2.45, 2.75) is 19.5 Å². The standard InChI is InChI=1S/C12H14N4O2/c1-9(12-13-6-7-14-12)15-8-10-4-2-3-5-11(10)16(17)18/h2-7,9,15H,8H2,1H3,(H,13,14). The first kappa shape index (κ1) is 12.3. The third kappa shape index (κ3) is 2.72. The predicted octanol–water partition coefficient (Wildman–Crippen LogP) is 2.17. The molecule has 2 aromatic rings. The van der Waals surface area contributed by atoms with E-state index >= 15 is 0 Å². The van der Waals surface area contributed by atoms with E-state index in [-0.39, 0.29) is 16.7 Å². The van der Waals surface area contributed by atoms with E-state index in [1.54, 1.807) is 30.6 Å². The number of nitro benzene ring substituents is 1. The molecule has 0 saturated heterocycles. The molecule has 2 N–H and O–H groups in total. The van der Waals surface area contributed by atoms with E-state index < -0.39 is 0 Å². The van der Waals surface area contributed by atoms with Gasteiger partial charge in [0, 0.05) is 30.6 Å². The van der Waals surface area contributed by atoms with Crippen LogP contribution >= 0.6 is 0 Å². The Balaban J connectivity index is 2.04. The Kier molecular flexibility index (Phi) is 3.69. The van der Waals surface area contributed by atoms with Crippen molar-refractivity contribution < 1.29 is 4.92 Å². The maximum atomic E-state index is 10.9. The van der Waals surface area contributed by atoms with E-state index in [2.05, 4.69) is 15.3 Å². The fraction of sp³-hybridized carbons (Fsp3) is 0.250. The average Bonchev–Trinajstić information content (AvgIpc) is 2.90. The number of hydrogen-bond acceptors (Lipinski definition) is 4. The summed E-state index contributed by atoms with van der Waals surface area (Å²) < 4.78 is 0. The zero-order valence-electron chi connectivity index (χ0n) is 9.96. The number of aromatic amines is 1. The molecule has 0 amide bonds. The lowest BCUT2D eigenvalue weighted by atomic mass is 10.1. The molecule has 2 rings (SSSR count). The largest absolute Gasteiger partial charge is 0.347 e. The molecule has 1 unspecified atom stereocenters. The molecule has 18 heavy (non-hydrogen) atoms. The summed E-state index contributed by atoms with van der Waals surface area (Å²) in [5.74, 6) is 0.814. The summed E-state index contributed by atoms with van der Waals surface area (Å²) in [5.41, 5.74) is 0.803. The molecule has 1 aromatic heterocycles. The molecule has 0 bridgehead atoms. The molecule has 0 fully saturated rings. The van der Waals surface area contributed by atoms with Gasteiger partial charge in [-0.15, -0.1) is 0 Å². The first-order valence-corrected chi connectivity index (χ1v) is 5.63. The van der Waals surface area contributed by atoms with E-state index in [1.807, 2.05) is 6.92 Å². The van der Waals surface area contributed by atoms with E-state index in [4.69, 9.17) is 0 Å². The first-order valence-electron chi connectivity index (χ1n) is 5.63. The van der Waals surface area contributed by atoms with Gasteiger partial charge in [0.25, 0.3) is 5.69 Å². The fourth-order valence-corrected chi connectivity index (χ4v) is 1.71. The number of rotatable bonds is 5. The second-order valence-corrected chi connectivity index (χ2v) is 3.96. The highest BCUT2D eigenvalue weighted by molar-refractivity contribution is 5.39. The van der Waals surface area contributed by atoms with Gasteiger partial charge in [0.1, 0.15) is 5.82 Å². The molecule has 94 valence electrons. The third-order valence-corrected chi connectivity index (χ3v) is 2.72. The van der Waals surface area contributed by atoms with Gasteiger partial charge in [-0.1, -0.05) is 18.2 Å². The number of imidazole rings is 1. The van der Waals surface area contributed by atoms with Crippen molar-refractivity contribution in [1.29, 1.82) is 0 Å². The minimum atomic E-state index is -0.366. The van der Waals surface area contributed by atoms with Crippen LogP contribution in [-0.4, -0.2) is 14.9 Å². The summed E-state index contributed by atoms with van der Waals surface area (Å²) in [5, 5.41) is 14.1. The minimum Gasteiger partial charge on any atom is -0.347 e. The van der Waals surface area contributed by atoms with Crippen LogP contribution < -0.4 is 5.32 Å². The number of aromatic nitrogens is 2. The molecule has 1 heterocycles. The summed E-state index contributed by atoms with van der Waals surface area (Å²) in [6.45, 7) is 2.38. The predicted molar refractivity (Wildman–Crippen MR) is 66.9 cm³/mol. The SMILES string of the molecule is CC(NCc1ccccc1[N+](=O)[O-])c1ncc[nH]1. The summed E-state index contributed by atoms with van der Waals surface area (Å²) in [6.07, 6.45) is 3.43. The number of nitro groups is 1. The number of nitrogens with one attached hydrogen (secondary N) is 2. The Morgan fingerprint density at radius 2 is 2.28 bits per heavy atom. The van der Waals surface area contributed by atoms with Crippen molar-refractivity contribution >= 4 is 5.69 Å². The van der Waals surface area contributed by atoms with Crippen LogP contribution in [0.25, 0.3) is 0 Å². The van der Waals surface area contributed by atoms with Gasteiger partial charge >= 0.3 is 0 Å². The molecule has 0 aliphatic carbocycles. The minimum absolute atomic E-state index is 0.0137. The van der Waals surface area contributed by atoms with Crippen molar-refractivity contribution in [2.75, 3.05) is 0 Å². The second kappa shape index (κ2) is 5.42. The molecular weight excluding hydrogens is 232 g/mol. The van der Waals surface area contributed by atoms with Crippen LogP contribution in [0.4, 0.5) is 5.69 Å². The van der Waals surface area contributed by atoms with Gasteiger partial charge in [-0.25, -0.2) is 4.98 Å². The zero-order chi connectivity index (χ0) is 13.0. The Bertz CT molecular complexity index is 525. The summed E-state index contributed by atoms with van der Waals surface area (Å²) >= 11 is 0. The molecule has 6 nitrogen and oxygen atoms in total. The van der Waals surface area contributed by atoms with Crippen molar-refractivity contribution in [2.24, 2.45) is 0 Å². The van der Waals surface area contributed by atoms with Gasteiger partial charge in [-0.2, -0.15) is 0 Å². The van der Waals surface area contributed by atoms with Gasteiger partial charge in [0.2, 0.25) is 0 Å². The molecule has 6 heteroatoms. The van der Waals surface area contributed by atoms with E-state index in [9.17, 15) is 10.1 Å². The average molecular weight is 246 g/mol. The fourth-order valence-electron chi connectivity index (χ4n) is 1.71. The highest BCUT2D eigenvalue weighted by Gasteiger charge is 2.13. The molecule has 0 saturated carbocycles. The van der Waals surface area contributed by atoms with Crippen LogP contribution in [0.3, 0.4) is 0 Å². The highest BCUT2D eigenvalue weighted by atomic mass is 16.6. The topological polar surface area (TPSA) is 83.8 Å². The number of nitrogens with zero attached hydrogens (tertiary/aromatic N) is 2. The van der Waals surface area contributed by atoms with Crippen LogP contribution in [0.2, 0.25) is 0 Å². The Morgan fingerprint density at radius 3 is 2.94 bits per heavy atom. The molecule has 0 spiro atoms. The quantitative estimate of drug-likeness (QED) is 0.625. The summed E-state index contributed by atoms with van der Waals surface area (Å²) in [4.78, 5) is 17.6. The van der Waals surface area contributed by atoms with Crippen molar-refractivity contribution in [1.82, 2.24) is 15.3 Å². The molecule has 0 aliphatic rings. The van der Waals surface area contributed by atoms with Crippen molar-refractivity contribution in [3.05, 3.63) is 58.2 Å². The van der Waals surface area contributed by atoms with E-state index in [0.717, 1.165) is 5.82 Å². The summed E-state index contributed by atoms with van der Waals surface area (Å²) in [7, 11) is 0. The van der Waals surface area contributed by atoms with E-state index in [1.165, 1.54) is 6.07 Å². The van der Waals surface area contributed by atoms with E-state index in [0.29, 0.717) is 12.1 Å². The highest BCUT2D eigenvalue weighted by Crippen LogP contribution is 2.18. The molecular formula is C12H14N4O2. The Hall–Kier alpha value is -2.21. The van der Waals surface area contributed by atoms with Crippen molar-refractivity contribution in [3.63, 3.8) is 0 Å². The lowest BCUT2D eigenvalue weighted by molar-refractivity contribution is -0.385. The second-order valence-electron chi connectivity index (χ2n) is 3.96. The van der Waals surface area contributed by atoms with Crippen LogP contribution in [0.1, 0.15) is 24.4 Å². The smallest absolute Gasteiger partial charge is 0.273 e. The summed E-state index contributed by atoms with van der Waals surface area (Å²) in [6, 6.07) is 6.73. The maximum Gasteiger partial charge on any atom is 0.273 e. The van der Waals surface area contributed by atoms with Crippen LogP contribution in [-0.2, 0) is 6.54 Å². The maximum absolute atomic E-state index is 10.9. The van der Waals surface area contributed by atoms with Gasteiger partial charge < -0.3 is 10.3 Å².